The molecule has 29 heavy (non-hydrogen) atoms. The van der Waals surface area contributed by atoms with E-state index in [-0.39, 0.29) is 23.5 Å². The van der Waals surface area contributed by atoms with Gasteiger partial charge in [0.15, 0.2) is 5.78 Å². The van der Waals surface area contributed by atoms with Crippen LogP contribution in [-0.2, 0) is 9.53 Å². The van der Waals surface area contributed by atoms with Crippen molar-refractivity contribution in [1.82, 2.24) is 5.01 Å². The molecule has 0 fully saturated rings. The van der Waals surface area contributed by atoms with E-state index in [1.165, 1.54) is 12.1 Å². The van der Waals surface area contributed by atoms with Gasteiger partial charge < -0.3 is 9.84 Å². The Morgan fingerprint density at radius 1 is 1.21 bits per heavy atom. The van der Waals surface area contributed by atoms with Crippen molar-refractivity contribution in [3.8, 4) is 0 Å². The first-order valence-electron chi connectivity index (χ1n) is 9.32. The molecule has 158 valence electrons. The highest BCUT2D eigenvalue weighted by Crippen LogP contribution is 2.42. The number of alkyl halides is 3. The van der Waals surface area contributed by atoms with Crippen molar-refractivity contribution >= 4 is 17.1 Å². The van der Waals surface area contributed by atoms with Crippen molar-refractivity contribution < 1.29 is 27.8 Å². The molecule has 0 spiro atoms. The van der Waals surface area contributed by atoms with E-state index in [1.54, 1.807) is 52.8 Å². The van der Waals surface area contributed by atoms with Crippen LogP contribution in [0.3, 0.4) is 0 Å². The minimum absolute atomic E-state index is 0.142. The van der Waals surface area contributed by atoms with E-state index in [4.69, 9.17) is 4.74 Å². The molecule has 0 amide bonds. The summed E-state index contributed by atoms with van der Waals surface area (Å²) in [5, 5.41) is 15.7. The van der Waals surface area contributed by atoms with Crippen LogP contribution in [0.4, 0.5) is 13.2 Å². The Labute approximate surface area is 167 Å². The van der Waals surface area contributed by atoms with Gasteiger partial charge in [0.1, 0.15) is 22.7 Å². The van der Waals surface area contributed by atoms with E-state index < -0.39 is 29.1 Å². The van der Waals surface area contributed by atoms with E-state index in [9.17, 15) is 23.1 Å². The Morgan fingerprint density at radius 2 is 1.83 bits per heavy atom. The van der Waals surface area contributed by atoms with Crippen molar-refractivity contribution in [2.75, 3.05) is 7.05 Å². The normalized spacial score (nSPS) is 24.2. The maximum Gasteiger partial charge on any atom is 0.431 e. The molecule has 1 aromatic rings. The number of benzene rings is 1. The SMILES string of the molecule is Cc1ccc(C2CC(C(F)(F)F)=NN2C)cc1C1=C(O)C(C)(C)OC(C)(C)C1=O. The second-order valence-corrected chi connectivity index (χ2v) is 8.59. The molecule has 1 aromatic carbocycles. The van der Waals surface area contributed by atoms with Crippen molar-refractivity contribution in [2.24, 2.45) is 5.10 Å². The van der Waals surface area contributed by atoms with Crippen LogP contribution < -0.4 is 0 Å². The van der Waals surface area contributed by atoms with Crippen LogP contribution in [0, 0.1) is 6.92 Å². The molecule has 5 nitrogen and oxygen atoms in total. The lowest BCUT2D eigenvalue weighted by atomic mass is 9.81. The first kappa shape index (κ1) is 21.4. The fourth-order valence-corrected chi connectivity index (χ4v) is 3.93. The maximum absolute atomic E-state index is 13.1. The second kappa shape index (κ2) is 6.58. The summed E-state index contributed by atoms with van der Waals surface area (Å²) in [6.45, 7) is 8.40. The Kier molecular flexibility index (Phi) is 4.85. The number of carbonyl (C=O) groups excluding carboxylic acids is 1. The molecule has 2 heterocycles. The molecule has 8 heteroatoms. The molecule has 2 aliphatic heterocycles. The van der Waals surface area contributed by atoms with Crippen LogP contribution in [0.2, 0.25) is 0 Å². The topological polar surface area (TPSA) is 62.1 Å². The van der Waals surface area contributed by atoms with E-state index in [1.807, 2.05) is 0 Å². The van der Waals surface area contributed by atoms with Gasteiger partial charge in [-0.05, 0) is 57.4 Å². The zero-order valence-electron chi connectivity index (χ0n) is 17.3. The van der Waals surface area contributed by atoms with Crippen LogP contribution in [0.5, 0.6) is 0 Å². The number of hydrazone groups is 1. The number of nitrogens with zero attached hydrogens (tertiary/aromatic N) is 2. The summed E-state index contributed by atoms with van der Waals surface area (Å²) < 4.78 is 45.0. The number of hydrogen-bond donors (Lipinski definition) is 1. The number of rotatable bonds is 2. The first-order valence-corrected chi connectivity index (χ1v) is 9.32. The molecule has 0 aromatic heterocycles. The third-order valence-electron chi connectivity index (χ3n) is 5.45. The molecule has 1 N–H and O–H groups in total. The molecule has 0 radical (unpaired) electrons. The van der Waals surface area contributed by atoms with Crippen molar-refractivity contribution in [3.05, 3.63) is 40.6 Å². The average Bonchev–Trinajstić information content (AvgIpc) is 2.96. The Bertz CT molecular complexity index is 930. The third-order valence-corrected chi connectivity index (χ3v) is 5.45. The van der Waals surface area contributed by atoms with Gasteiger partial charge in [0, 0.05) is 13.5 Å². The van der Waals surface area contributed by atoms with Crippen molar-refractivity contribution in [3.63, 3.8) is 0 Å². The minimum atomic E-state index is -4.48. The molecule has 0 saturated carbocycles. The predicted molar refractivity (Wildman–Crippen MR) is 104 cm³/mol. The van der Waals surface area contributed by atoms with Gasteiger partial charge >= 0.3 is 6.18 Å². The van der Waals surface area contributed by atoms with Gasteiger partial charge in [-0.25, -0.2) is 0 Å². The highest BCUT2D eigenvalue weighted by molar-refractivity contribution is 6.26. The largest absolute Gasteiger partial charge is 0.508 e. The lowest BCUT2D eigenvalue weighted by molar-refractivity contribution is -0.158. The monoisotopic (exact) mass is 410 g/mol. The predicted octanol–water partition coefficient (Wildman–Crippen LogP) is 4.72. The summed E-state index contributed by atoms with van der Waals surface area (Å²) >= 11 is 0. The highest BCUT2D eigenvalue weighted by Gasteiger charge is 2.47. The van der Waals surface area contributed by atoms with E-state index in [0.717, 1.165) is 5.56 Å². The number of aliphatic hydroxyl groups is 1. The molecular formula is C21H25F3N2O3. The standard InChI is InChI=1S/C21H25F3N2O3/c1-11-7-8-12(14-10-15(21(22,23)24)25-26(14)6)9-13(11)16-17(27)19(2,3)29-20(4,5)18(16)28/h7-9,14,27H,10H2,1-6H3. The minimum Gasteiger partial charge on any atom is -0.508 e. The summed E-state index contributed by atoms with van der Waals surface area (Å²) in [5.41, 5.74) is -1.11. The van der Waals surface area contributed by atoms with Gasteiger partial charge in [0.05, 0.1) is 11.6 Å². The number of Topliss-reactive ketones (excluding diaryl/α,β-unsaturated/α-hetero) is 1. The molecule has 0 bridgehead atoms. The number of ketones is 1. The summed E-state index contributed by atoms with van der Waals surface area (Å²) in [6, 6.07) is 4.54. The quantitative estimate of drug-likeness (QED) is 0.767. The van der Waals surface area contributed by atoms with Crippen molar-refractivity contribution in [2.45, 2.75) is 64.5 Å². The number of aliphatic hydroxyl groups excluding tert-OH is 1. The van der Waals surface area contributed by atoms with Crippen LogP contribution in [0.15, 0.2) is 29.1 Å². The number of ether oxygens (including phenoxy) is 1. The van der Waals surface area contributed by atoms with Crippen molar-refractivity contribution in [1.29, 1.82) is 0 Å². The van der Waals surface area contributed by atoms with Gasteiger partial charge in [-0.1, -0.05) is 12.1 Å². The summed E-state index contributed by atoms with van der Waals surface area (Å²) in [6.07, 6.45) is -4.76. The molecule has 1 atom stereocenters. The Morgan fingerprint density at radius 3 is 2.38 bits per heavy atom. The van der Waals surface area contributed by atoms with Gasteiger partial charge in [0.2, 0.25) is 0 Å². The number of halogens is 3. The van der Waals surface area contributed by atoms with Crippen LogP contribution in [0.25, 0.3) is 5.57 Å². The first-order chi connectivity index (χ1) is 13.1. The van der Waals surface area contributed by atoms with Gasteiger partial charge in [0.25, 0.3) is 0 Å². The van der Waals surface area contributed by atoms with Crippen LogP contribution in [0.1, 0.15) is 56.8 Å². The number of hydrogen-bond acceptors (Lipinski definition) is 5. The molecule has 2 aliphatic rings. The smallest absolute Gasteiger partial charge is 0.431 e. The molecular weight excluding hydrogens is 385 g/mol. The summed E-state index contributed by atoms with van der Waals surface area (Å²) in [4.78, 5) is 13.1. The van der Waals surface area contributed by atoms with E-state index >= 15 is 0 Å². The molecule has 3 rings (SSSR count). The van der Waals surface area contributed by atoms with Crippen LogP contribution >= 0.6 is 0 Å². The summed E-state index contributed by atoms with van der Waals surface area (Å²) in [5.74, 6) is -0.560. The van der Waals surface area contributed by atoms with Gasteiger partial charge in [-0.2, -0.15) is 18.3 Å². The molecule has 0 saturated heterocycles. The van der Waals surface area contributed by atoms with Gasteiger partial charge in [-0.15, -0.1) is 0 Å². The maximum atomic E-state index is 13.1. The molecule has 0 aliphatic carbocycles. The second-order valence-electron chi connectivity index (χ2n) is 8.59. The van der Waals surface area contributed by atoms with E-state index in [2.05, 4.69) is 5.10 Å². The van der Waals surface area contributed by atoms with Crippen LogP contribution in [-0.4, -0.2) is 46.0 Å². The fraction of sp³-hybridized carbons (Fsp3) is 0.524. The number of carbonyl (C=O) groups is 1. The lowest BCUT2D eigenvalue weighted by Crippen LogP contribution is -2.49. The third kappa shape index (κ3) is 3.66. The molecule has 1 unspecified atom stereocenters. The Hall–Kier alpha value is -2.35. The Balaban J connectivity index is 2.08. The van der Waals surface area contributed by atoms with Gasteiger partial charge in [-0.3, -0.25) is 9.80 Å². The summed E-state index contributed by atoms with van der Waals surface area (Å²) in [7, 11) is 1.49. The lowest BCUT2D eigenvalue weighted by Gasteiger charge is -2.40. The fourth-order valence-electron chi connectivity index (χ4n) is 3.93. The van der Waals surface area contributed by atoms with E-state index in [0.29, 0.717) is 11.1 Å². The number of aryl methyl sites for hydroxylation is 1. The highest BCUT2D eigenvalue weighted by atomic mass is 19.4. The zero-order valence-corrected chi connectivity index (χ0v) is 17.3. The average molecular weight is 410 g/mol. The zero-order chi connectivity index (χ0) is 21.9.